The molecule has 0 fully saturated rings. The number of pyridine rings is 1. The lowest BCUT2D eigenvalue weighted by Gasteiger charge is -2.42. The van der Waals surface area contributed by atoms with Gasteiger partial charge in [0.2, 0.25) is 0 Å². The van der Waals surface area contributed by atoms with Crippen molar-refractivity contribution in [2.75, 3.05) is 5.43 Å². The lowest BCUT2D eigenvalue weighted by atomic mass is 10.1. The van der Waals surface area contributed by atoms with E-state index in [2.05, 4.69) is 75.2 Å². The summed E-state index contributed by atoms with van der Waals surface area (Å²) in [7, 11) is -1.92. The number of hydrazine groups is 1. The maximum absolute atomic E-state index is 6.85. The van der Waals surface area contributed by atoms with Crippen molar-refractivity contribution in [2.24, 2.45) is 0 Å². The molecule has 1 aromatic heterocycles. The van der Waals surface area contributed by atoms with Crippen LogP contribution in [-0.4, -0.2) is 18.3 Å². The molecule has 1 aliphatic rings. The van der Waals surface area contributed by atoms with Crippen LogP contribution in [0.4, 0.5) is 5.82 Å². The fourth-order valence-corrected chi connectivity index (χ4v) is 9.90. The van der Waals surface area contributed by atoms with Crippen LogP contribution in [0.15, 0.2) is 42.6 Å². The van der Waals surface area contributed by atoms with E-state index in [-0.39, 0.29) is 0 Å². The zero-order valence-corrected chi connectivity index (χ0v) is 18.5. The molecule has 1 aromatic carbocycles. The van der Waals surface area contributed by atoms with Crippen LogP contribution in [0, 0.1) is 0 Å². The molecule has 146 valence electrons. The zero-order valence-electron chi connectivity index (χ0n) is 17.5. The van der Waals surface area contributed by atoms with Crippen LogP contribution in [0.5, 0.6) is 5.75 Å². The molecule has 2 heterocycles. The number of fused-ring (bicyclic) bond motifs is 1. The summed E-state index contributed by atoms with van der Waals surface area (Å²) in [4.78, 5) is 4.36. The summed E-state index contributed by atoms with van der Waals surface area (Å²) in [5.41, 5.74) is 7.83. The predicted molar refractivity (Wildman–Crippen MR) is 115 cm³/mol. The Labute approximate surface area is 165 Å². The molecule has 1 N–H and O–H groups in total. The van der Waals surface area contributed by atoms with Gasteiger partial charge in [0.25, 0.3) is 8.32 Å². The number of benzene rings is 1. The topological polar surface area (TPSA) is 37.4 Å². The van der Waals surface area contributed by atoms with Gasteiger partial charge in [-0.15, -0.1) is 0 Å². The lowest BCUT2D eigenvalue weighted by molar-refractivity contribution is 0.345. The molecule has 4 nitrogen and oxygen atoms in total. The SMILES string of the molecule is CC(C)[Si](Oc1ccc2c(c1)CN(Nc1ccccn1)C2)(C(C)C)C(C)C. The van der Waals surface area contributed by atoms with Gasteiger partial charge in [0.15, 0.2) is 0 Å². The molecule has 0 unspecified atom stereocenters. The Hall–Kier alpha value is -1.85. The first-order valence-electron chi connectivity index (χ1n) is 10.1. The molecule has 0 bridgehead atoms. The molecule has 0 aliphatic carbocycles. The third-order valence-electron chi connectivity index (χ3n) is 5.84. The molecule has 3 rings (SSSR count). The third kappa shape index (κ3) is 4.04. The van der Waals surface area contributed by atoms with E-state index in [4.69, 9.17) is 4.43 Å². The van der Waals surface area contributed by atoms with E-state index in [0.717, 1.165) is 24.7 Å². The average Bonchev–Trinajstić information content (AvgIpc) is 3.01. The largest absolute Gasteiger partial charge is 0.543 e. The van der Waals surface area contributed by atoms with E-state index in [0.29, 0.717) is 16.6 Å². The normalized spacial score (nSPS) is 14.9. The Bertz CT molecular complexity index is 740. The summed E-state index contributed by atoms with van der Waals surface area (Å²) < 4.78 is 6.85. The summed E-state index contributed by atoms with van der Waals surface area (Å²) >= 11 is 0. The Morgan fingerprint density at radius 2 is 1.59 bits per heavy atom. The van der Waals surface area contributed by atoms with Gasteiger partial charge in [-0.2, -0.15) is 0 Å². The highest BCUT2D eigenvalue weighted by atomic mass is 28.4. The van der Waals surface area contributed by atoms with Crippen molar-refractivity contribution in [1.29, 1.82) is 0 Å². The first-order chi connectivity index (χ1) is 12.8. The van der Waals surface area contributed by atoms with Crippen molar-refractivity contribution in [3.63, 3.8) is 0 Å². The molecular formula is C22H33N3OSi. The second kappa shape index (κ2) is 8.03. The summed E-state index contributed by atoms with van der Waals surface area (Å²) in [5.74, 6) is 1.92. The number of nitrogens with zero attached hydrogens (tertiary/aromatic N) is 2. The zero-order chi connectivity index (χ0) is 19.6. The highest BCUT2D eigenvalue weighted by Gasteiger charge is 2.47. The molecule has 0 saturated heterocycles. The van der Waals surface area contributed by atoms with E-state index in [1.54, 1.807) is 0 Å². The van der Waals surface area contributed by atoms with E-state index >= 15 is 0 Å². The number of anilines is 1. The fourth-order valence-electron chi connectivity index (χ4n) is 4.66. The summed E-state index contributed by atoms with van der Waals surface area (Å²) in [6.07, 6.45) is 1.81. The maximum atomic E-state index is 6.85. The van der Waals surface area contributed by atoms with Gasteiger partial charge in [-0.3, -0.25) is 0 Å². The molecule has 5 heteroatoms. The first kappa shape index (κ1) is 19.9. The smallest absolute Gasteiger partial charge is 0.258 e. The number of hydrogen-bond acceptors (Lipinski definition) is 4. The van der Waals surface area contributed by atoms with Gasteiger partial charge in [-0.05, 0) is 52.0 Å². The molecule has 0 spiro atoms. The van der Waals surface area contributed by atoms with Crippen molar-refractivity contribution in [3.05, 3.63) is 53.7 Å². The third-order valence-corrected chi connectivity index (χ3v) is 11.8. The lowest BCUT2D eigenvalue weighted by Crippen LogP contribution is -2.50. The van der Waals surface area contributed by atoms with Gasteiger partial charge >= 0.3 is 0 Å². The highest BCUT2D eigenvalue weighted by molar-refractivity contribution is 6.78. The van der Waals surface area contributed by atoms with Crippen LogP contribution in [-0.2, 0) is 13.1 Å². The predicted octanol–water partition coefficient (Wildman–Crippen LogP) is 5.98. The van der Waals surface area contributed by atoms with Crippen molar-refractivity contribution < 1.29 is 4.43 Å². The Morgan fingerprint density at radius 1 is 0.926 bits per heavy atom. The molecule has 1 aliphatic heterocycles. The maximum Gasteiger partial charge on any atom is 0.258 e. The Kier molecular flexibility index (Phi) is 5.91. The number of aromatic nitrogens is 1. The number of nitrogens with one attached hydrogen (secondary N) is 1. The quantitative estimate of drug-likeness (QED) is 0.597. The van der Waals surface area contributed by atoms with Crippen LogP contribution < -0.4 is 9.85 Å². The van der Waals surface area contributed by atoms with Crippen LogP contribution in [0.25, 0.3) is 0 Å². The molecular weight excluding hydrogens is 350 g/mol. The van der Waals surface area contributed by atoms with Crippen molar-refractivity contribution in [3.8, 4) is 5.75 Å². The molecule has 0 amide bonds. The van der Waals surface area contributed by atoms with E-state index < -0.39 is 8.32 Å². The van der Waals surface area contributed by atoms with Crippen molar-refractivity contribution >= 4 is 14.1 Å². The first-order valence-corrected chi connectivity index (χ1v) is 12.2. The molecule has 27 heavy (non-hydrogen) atoms. The summed E-state index contributed by atoms with van der Waals surface area (Å²) in [6.45, 7) is 15.7. The minimum absolute atomic E-state index is 0.577. The van der Waals surface area contributed by atoms with Gasteiger partial charge in [-0.25, -0.2) is 9.99 Å². The fraction of sp³-hybridized carbons (Fsp3) is 0.500. The second-order valence-corrected chi connectivity index (χ2v) is 13.9. The van der Waals surface area contributed by atoms with E-state index in [1.165, 1.54) is 11.1 Å². The monoisotopic (exact) mass is 383 g/mol. The van der Waals surface area contributed by atoms with Gasteiger partial charge in [-0.1, -0.05) is 53.7 Å². The van der Waals surface area contributed by atoms with Crippen LogP contribution in [0.2, 0.25) is 16.6 Å². The Balaban J connectivity index is 1.77. The van der Waals surface area contributed by atoms with Gasteiger partial charge in [0, 0.05) is 19.3 Å². The minimum Gasteiger partial charge on any atom is -0.543 e. The Morgan fingerprint density at radius 3 is 2.19 bits per heavy atom. The average molecular weight is 384 g/mol. The van der Waals surface area contributed by atoms with E-state index in [1.807, 2.05) is 24.4 Å². The molecule has 0 saturated carbocycles. The molecule has 2 aromatic rings. The highest BCUT2D eigenvalue weighted by Crippen LogP contribution is 2.43. The number of rotatable bonds is 7. The standard InChI is InChI=1S/C22H33N3OSi/c1-16(2)27(17(3)4,18(5)6)26-21-11-10-19-14-25(15-20(19)13-21)24-22-9-7-8-12-23-22/h7-13,16-18H,14-15H2,1-6H3,(H,23,24). The van der Waals surface area contributed by atoms with Gasteiger partial charge in [0.05, 0.1) is 0 Å². The van der Waals surface area contributed by atoms with Gasteiger partial charge in [0.1, 0.15) is 11.6 Å². The minimum atomic E-state index is -1.92. The van der Waals surface area contributed by atoms with Crippen molar-refractivity contribution in [2.45, 2.75) is 71.3 Å². The van der Waals surface area contributed by atoms with Crippen molar-refractivity contribution in [1.82, 2.24) is 9.99 Å². The van der Waals surface area contributed by atoms with Crippen LogP contribution >= 0.6 is 0 Å². The number of hydrogen-bond donors (Lipinski definition) is 1. The molecule has 0 radical (unpaired) electrons. The van der Waals surface area contributed by atoms with Gasteiger partial charge < -0.3 is 9.85 Å². The molecule has 0 atom stereocenters. The van der Waals surface area contributed by atoms with Crippen LogP contribution in [0.3, 0.4) is 0 Å². The van der Waals surface area contributed by atoms with E-state index in [9.17, 15) is 0 Å². The second-order valence-electron chi connectivity index (χ2n) is 8.53. The summed E-state index contributed by atoms with van der Waals surface area (Å²) in [5, 5.41) is 2.20. The summed E-state index contributed by atoms with van der Waals surface area (Å²) in [6, 6.07) is 12.6. The van der Waals surface area contributed by atoms with Crippen LogP contribution in [0.1, 0.15) is 52.7 Å².